The molecule has 9 heteroatoms. The number of halogens is 2. The molecule has 1 heterocycles. The number of carbonyl (C=O) groups excluding carboxylic acids is 2. The Morgan fingerprint density at radius 3 is 1.95 bits per heavy atom. The Labute approximate surface area is 251 Å². The quantitative estimate of drug-likeness (QED) is 0.205. The van der Waals surface area contributed by atoms with E-state index in [-0.39, 0.29) is 27.0 Å². The number of aryl methyl sites for hydroxylation is 2. The van der Waals surface area contributed by atoms with Gasteiger partial charge in [-0.1, -0.05) is 82.8 Å². The summed E-state index contributed by atoms with van der Waals surface area (Å²) in [5, 5.41) is 1.51. The van der Waals surface area contributed by atoms with Gasteiger partial charge in [0, 0.05) is 11.1 Å². The molecule has 39 heavy (non-hydrogen) atoms. The van der Waals surface area contributed by atoms with Crippen LogP contribution in [0.2, 0.25) is 0 Å². The Balaban J connectivity index is 2.02. The summed E-state index contributed by atoms with van der Waals surface area (Å²) < 4.78 is 12.5. The summed E-state index contributed by atoms with van der Waals surface area (Å²) in [6, 6.07) is 10.9. The summed E-state index contributed by atoms with van der Waals surface area (Å²) in [7, 11) is -0.652. The van der Waals surface area contributed by atoms with Gasteiger partial charge in [0.2, 0.25) is 0 Å². The first-order valence-corrected chi connectivity index (χ1v) is 15.2. The summed E-state index contributed by atoms with van der Waals surface area (Å²) in [4.78, 5) is 27.6. The topological polar surface area (TPSA) is 67.9 Å². The molecular formula is C30H41BBr2N2O4. The van der Waals surface area contributed by atoms with E-state index in [4.69, 9.17) is 9.31 Å². The predicted octanol–water partition coefficient (Wildman–Crippen LogP) is 7.00. The molecular weight excluding hydrogens is 623 g/mol. The lowest BCUT2D eigenvalue weighted by molar-refractivity contribution is 0.00578. The zero-order valence-corrected chi connectivity index (χ0v) is 27.9. The first-order chi connectivity index (χ1) is 17.9. The molecule has 0 bridgehead atoms. The van der Waals surface area contributed by atoms with Gasteiger partial charge >= 0.3 is 7.12 Å². The first-order valence-electron chi connectivity index (χ1n) is 13.4. The molecule has 1 fully saturated rings. The number of hydrogen-bond acceptors (Lipinski definition) is 4. The number of amides is 2. The van der Waals surface area contributed by atoms with Gasteiger partial charge in [-0.15, -0.1) is 0 Å². The van der Waals surface area contributed by atoms with Crippen LogP contribution in [0.4, 0.5) is 0 Å². The molecule has 1 aliphatic rings. The summed E-state index contributed by atoms with van der Waals surface area (Å²) >= 11 is 7.20. The minimum Gasteiger partial charge on any atom is -0.399 e. The molecule has 1 atom stereocenters. The molecule has 0 unspecified atom stereocenters. The maximum atomic E-state index is 13.9. The van der Waals surface area contributed by atoms with Gasteiger partial charge in [-0.3, -0.25) is 15.0 Å². The van der Waals surface area contributed by atoms with Crippen molar-refractivity contribution in [2.75, 3.05) is 0 Å². The summed E-state index contributed by atoms with van der Waals surface area (Å²) in [5.74, 6) is -0.610. The smallest absolute Gasteiger partial charge is 0.399 e. The Hall–Kier alpha value is -1.68. The number of carbonyl (C=O) groups is 2. The lowest BCUT2D eigenvalue weighted by Crippen LogP contribution is -2.56. The van der Waals surface area contributed by atoms with Gasteiger partial charge in [-0.2, -0.15) is 0 Å². The zero-order valence-electron chi connectivity index (χ0n) is 24.7. The van der Waals surface area contributed by atoms with E-state index in [0.29, 0.717) is 17.5 Å². The monoisotopic (exact) mass is 662 g/mol. The molecule has 2 aromatic rings. The SMILES string of the molecule is CC[C@@H](N(NC(=O)c1ccc(C(Br)Br)c(B2OC(C)(C)C(C)(C)O2)c1)C(=O)c1cc(C)cc(C)c1)C(C)(C)C. The largest absolute Gasteiger partial charge is 0.495 e. The fraction of sp³-hybridized carbons (Fsp3) is 0.533. The lowest BCUT2D eigenvalue weighted by Gasteiger charge is -2.39. The first kappa shape index (κ1) is 31.8. The summed E-state index contributed by atoms with van der Waals surface area (Å²) in [6.07, 6.45) is 0.674. The van der Waals surface area contributed by atoms with Gasteiger partial charge < -0.3 is 9.31 Å². The number of hydrogen-bond donors (Lipinski definition) is 1. The number of benzene rings is 2. The van der Waals surface area contributed by atoms with Crippen molar-refractivity contribution < 1.29 is 18.9 Å². The van der Waals surface area contributed by atoms with Crippen molar-refractivity contribution >= 4 is 56.3 Å². The Morgan fingerprint density at radius 2 is 1.49 bits per heavy atom. The van der Waals surface area contributed by atoms with Crippen molar-refractivity contribution in [1.82, 2.24) is 10.4 Å². The van der Waals surface area contributed by atoms with Crippen LogP contribution in [0.25, 0.3) is 0 Å². The van der Waals surface area contributed by atoms with E-state index < -0.39 is 18.3 Å². The van der Waals surface area contributed by atoms with Crippen LogP contribution in [0.1, 0.15) is 103 Å². The number of rotatable bonds is 6. The highest BCUT2D eigenvalue weighted by atomic mass is 79.9. The molecule has 0 aromatic heterocycles. The molecule has 212 valence electrons. The zero-order chi connectivity index (χ0) is 29.5. The van der Waals surface area contributed by atoms with Crippen molar-refractivity contribution in [3.63, 3.8) is 0 Å². The van der Waals surface area contributed by atoms with Crippen LogP contribution in [0.15, 0.2) is 36.4 Å². The number of alkyl halides is 2. The van der Waals surface area contributed by atoms with Gasteiger partial charge in [0.1, 0.15) is 0 Å². The van der Waals surface area contributed by atoms with Crippen molar-refractivity contribution in [2.24, 2.45) is 5.41 Å². The van der Waals surface area contributed by atoms with E-state index in [9.17, 15) is 9.59 Å². The normalized spacial score (nSPS) is 17.3. The molecule has 1 aliphatic heterocycles. The van der Waals surface area contributed by atoms with E-state index in [1.807, 2.05) is 72.7 Å². The molecule has 0 saturated carbocycles. The van der Waals surface area contributed by atoms with E-state index in [1.54, 1.807) is 12.1 Å². The minimum absolute atomic E-state index is 0.163. The molecule has 0 radical (unpaired) electrons. The highest BCUT2D eigenvalue weighted by Crippen LogP contribution is 2.38. The average molecular weight is 664 g/mol. The van der Waals surface area contributed by atoms with Gasteiger partial charge in [0.15, 0.2) is 0 Å². The van der Waals surface area contributed by atoms with Gasteiger partial charge in [-0.25, -0.2) is 5.01 Å². The second kappa shape index (κ2) is 11.7. The Kier molecular flexibility index (Phi) is 9.53. The van der Waals surface area contributed by atoms with Gasteiger partial charge in [0.25, 0.3) is 11.8 Å². The van der Waals surface area contributed by atoms with E-state index in [2.05, 4.69) is 58.1 Å². The average Bonchev–Trinajstić information content (AvgIpc) is 3.02. The number of nitrogens with zero attached hydrogens (tertiary/aromatic N) is 1. The van der Waals surface area contributed by atoms with Gasteiger partial charge in [0.05, 0.1) is 21.0 Å². The van der Waals surface area contributed by atoms with Crippen LogP contribution in [-0.4, -0.2) is 41.2 Å². The van der Waals surface area contributed by atoms with E-state index in [0.717, 1.165) is 22.2 Å². The van der Waals surface area contributed by atoms with Crippen molar-refractivity contribution in [2.45, 2.75) is 96.6 Å². The van der Waals surface area contributed by atoms with Crippen LogP contribution in [0, 0.1) is 19.3 Å². The molecule has 6 nitrogen and oxygen atoms in total. The fourth-order valence-corrected chi connectivity index (χ4v) is 5.79. The van der Waals surface area contributed by atoms with Crippen LogP contribution in [0.3, 0.4) is 0 Å². The maximum absolute atomic E-state index is 13.9. The van der Waals surface area contributed by atoms with Crippen LogP contribution in [-0.2, 0) is 9.31 Å². The highest BCUT2D eigenvalue weighted by molar-refractivity contribution is 9.24. The second-order valence-corrected chi connectivity index (χ2v) is 15.6. The minimum atomic E-state index is -0.652. The molecule has 2 amide bonds. The molecule has 3 rings (SSSR count). The van der Waals surface area contributed by atoms with Crippen molar-refractivity contribution in [3.8, 4) is 0 Å². The standard InChI is InChI=1S/C30H41BBr2N2O4/c1-11-24(28(4,5)6)35(27(37)21-15-18(2)14-19(3)16-21)34-26(36)20-12-13-22(25(32)33)23(17-20)31-38-29(7,8)30(9,10)39-31/h12-17,24-25H,11H2,1-10H3,(H,34,36)/t24-/m1/s1. The van der Waals surface area contributed by atoms with E-state index in [1.165, 1.54) is 5.01 Å². The third-order valence-corrected chi connectivity index (χ3v) is 8.69. The summed E-state index contributed by atoms with van der Waals surface area (Å²) in [6.45, 7) is 20.2. The van der Waals surface area contributed by atoms with E-state index >= 15 is 0 Å². The van der Waals surface area contributed by atoms with Crippen LogP contribution >= 0.6 is 31.9 Å². The van der Waals surface area contributed by atoms with Crippen molar-refractivity contribution in [1.29, 1.82) is 0 Å². The lowest BCUT2D eigenvalue weighted by atomic mass is 9.75. The van der Waals surface area contributed by atoms with Crippen molar-refractivity contribution in [3.05, 3.63) is 64.2 Å². The predicted molar refractivity (Wildman–Crippen MR) is 166 cm³/mol. The summed E-state index contributed by atoms with van der Waals surface area (Å²) in [5.41, 5.74) is 6.22. The molecule has 1 saturated heterocycles. The Morgan fingerprint density at radius 1 is 0.949 bits per heavy atom. The number of nitrogens with one attached hydrogen (secondary N) is 1. The second-order valence-electron chi connectivity index (χ2n) is 12.5. The van der Waals surface area contributed by atoms with Gasteiger partial charge in [-0.05, 0) is 88.7 Å². The van der Waals surface area contributed by atoms with Crippen LogP contribution in [0.5, 0.6) is 0 Å². The fourth-order valence-electron chi connectivity index (χ4n) is 4.95. The molecule has 2 aromatic carbocycles. The molecule has 1 N–H and O–H groups in total. The highest BCUT2D eigenvalue weighted by Gasteiger charge is 2.52. The maximum Gasteiger partial charge on any atom is 0.495 e. The third kappa shape index (κ3) is 6.98. The molecule has 0 spiro atoms. The molecule has 0 aliphatic carbocycles. The van der Waals surface area contributed by atoms with Crippen LogP contribution < -0.4 is 10.9 Å². The Bertz CT molecular complexity index is 1200. The number of hydrazine groups is 1. The third-order valence-electron chi connectivity index (χ3n) is 7.70.